The molecule has 148 valence electrons. The highest BCUT2D eigenvalue weighted by molar-refractivity contribution is 6.33. The van der Waals surface area contributed by atoms with Gasteiger partial charge in [-0.1, -0.05) is 23.7 Å². The number of piperidine rings is 1. The fraction of sp³-hybridized carbons (Fsp3) is 0.333. The van der Waals surface area contributed by atoms with Gasteiger partial charge in [0, 0.05) is 37.0 Å². The monoisotopic (exact) mass is 402 g/mol. The third-order valence-electron chi connectivity index (χ3n) is 4.80. The second-order valence-corrected chi connectivity index (χ2v) is 7.07. The molecule has 7 heteroatoms. The molecule has 3 rings (SSSR count). The molecule has 1 saturated heterocycles. The van der Waals surface area contributed by atoms with E-state index >= 15 is 0 Å². The maximum atomic E-state index is 12.8. The number of carbonyl (C=O) groups excluding carboxylic acids is 2. The molecule has 28 heavy (non-hydrogen) atoms. The number of carbonyl (C=O) groups is 2. The summed E-state index contributed by atoms with van der Waals surface area (Å²) in [6.45, 7) is 0.970. The summed E-state index contributed by atoms with van der Waals surface area (Å²) in [5.74, 6) is 0.609. The Morgan fingerprint density at radius 2 is 1.79 bits per heavy atom. The number of halogens is 1. The molecular formula is C21H23ClN2O4. The lowest BCUT2D eigenvalue weighted by atomic mass is 9.96. The van der Waals surface area contributed by atoms with Crippen LogP contribution in [0.25, 0.3) is 0 Å². The van der Waals surface area contributed by atoms with Gasteiger partial charge in [-0.2, -0.15) is 0 Å². The molecule has 1 heterocycles. The van der Waals surface area contributed by atoms with Gasteiger partial charge in [0.15, 0.2) is 0 Å². The Kier molecular flexibility index (Phi) is 6.41. The summed E-state index contributed by atoms with van der Waals surface area (Å²) in [6.07, 6.45) is 1.48. The van der Waals surface area contributed by atoms with E-state index in [1.807, 2.05) is 0 Å². The van der Waals surface area contributed by atoms with Crippen molar-refractivity contribution in [3.8, 4) is 11.5 Å². The van der Waals surface area contributed by atoms with Crippen LogP contribution in [0.5, 0.6) is 11.5 Å². The van der Waals surface area contributed by atoms with Crippen molar-refractivity contribution in [2.24, 2.45) is 5.92 Å². The number of nitrogens with one attached hydrogen (secondary N) is 1. The van der Waals surface area contributed by atoms with Crippen LogP contribution in [0.3, 0.4) is 0 Å². The molecule has 1 unspecified atom stereocenters. The molecule has 0 saturated carbocycles. The van der Waals surface area contributed by atoms with Gasteiger partial charge in [-0.25, -0.2) is 0 Å². The number of anilines is 1. The van der Waals surface area contributed by atoms with Gasteiger partial charge < -0.3 is 19.7 Å². The number of methoxy groups -OCH3 is 2. The van der Waals surface area contributed by atoms with E-state index in [1.165, 1.54) is 0 Å². The van der Waals surface area contributed by atoms with Crippen LogP contribution >= 0.6 is 11.6 Å². The summed E-state index contributed by atoms with van der Waals surface area (Å²) in [7, 11) is 3.11. The van der Waals surface area contributed by atoms with Gasteiger partial charge in [0.2, 0.25) is 5.91 Å². The van der Waals surface area contributed by atoms with Crippen LogP contribution in [0.1, 0.15) is 23.2 Å². The Morgan fingerprint density at radius 3 is 2.43 bits per heavy atom. The first kappa shape index (κ1) is 20.0. The summed E-state index contributed by atoms with van der Waals surface area (Å²) in [5.41, 5.74) is 1.05. The number of hydrogen-bond donors (Lipinski definition) is 1. The molecule has 0 radical (unpaired) electrons. The lowest BCUT2D eigenvalue weighted by Gasteiger charge is -2.32. The minimum atomic E-state index is -0.294. The zero-order valence-electron chi connectivity index (χ0n) is 15.9. The highest BCUT2D eigenvalue weighted by Gasteiger charge is 2.29. The van der Waals surface area contributed by atoms with Crippen LogP contribution in [0.15, 0.2) is 42.5 Å². The first-order valence-electron chi connectivity index (χ1n) is 9.09. The standard InChI is InChI=1S/C21H23ClN2O4/c1-27-16-10-15(11-17(12-16)28-2)23-20(25)14-6-5-9-24(13-14)21(26)18-7-3-4-8-19(18)22/h3-4,7-8,10-12,14H,5-6,9,13H2,1-2H3,(H,23,25). The maximum Gasteiger partial charge on any atom is 0.255 e. The Balaban J connectivity index is 1.69. The van der Waals surface area contributed by atoms with E-state index in [4.69, 9.17) is 21.1 Å². The lowest BCUT2D eigenvalue weighted by molar-refractivity contribution is -0.121. The molecule has 0 aromatic heterocycles. The average Bonchev–Trinajstić information content (AvgIpc) is 2.73. The molecule has 1 N–H and O–H groups in total. The number of rotatable bonds is 5. The second-order valence-electron chi connectivity index (χ2n) is 6.66. The van der Waals surface area contributed by atoms with E-state index in [2.05, 4.69) is 5.32 Å². The molecule has 1 fully saturated rings. The molecule has 1 atom stereocenters. The molecule has 0 bridgehead atoms. The van der Waals surface area contributed by atoms with Gasteiger partial charge in [0.05, 0.1) is 30.7 Å². The van der Waals surface area contributed by atoms with Crippen LogP contribution in [0, 0.1) is 5.92 Å². The van der Waals surface area contributed by atoms with Crippen molar-refractivity contribution < 1.29 is 19.1 Å². The summed E-state index contributed by atoms with van der Waals surface area (Å²) in [4.78, 5) is 27.3. The Labute approximate surface area is 169 Å². The highest BCUT2D eigenvalue weighted by atomic mass is 35.5. The van der Waals surface area contributed by atoms with Crippen LogP contribution < -0.4 is 14.8 Å². The third kappa shape index (κ3) is 4.57. The van der Waals surface area contributed by atoms with E-state index in [0.717, 1.165) is 12.8 Å². The van der Waals surface area contributed by atoms with Crippen molar-refractivity contribution in [3.63, 3.8) is 0 Å². The Hall–Kier alpha value is -2.73. The largest absolute Gasteiger partial charge is 0.497 e. The van der Waals surface area contributed by atoms with Crippen molar-refractivity contribution in [2.75, 3.05) is 32.6 Å². The predicted octanol–water partition coefficient (Wildman–Crippen LogP) is 3.85. The molecule has 0 spiro atoms. The van der Waals surface area contributed by atoms with Crippen molar-refractivity contribution in [1.29, 1.82) is 0 Å². The van der Waals surface area contributed by atoms with Crippen LogP contribution in [-0.2, 0) is 4.79 Å². The van der Waals surface area contributed by atoms with E-state index in [-0.39, 0.29) is 17.7 Å². The minimum Gasteiger partial charge on any atom is -0.497 e. The minimum absolute atomic E-state index is 0.132. The summed E-state index contributed by atoms with van der Waals surface area (Å²) in [5, 5.41) is 3.33. The smallest absolute Gasteiger partial charge is 0.255 e. The molecule has 1 aliphatic heterocycles. The maximum absolute atomic E-state index is 12.8. The second kappa shape index (κ2) is 8.97. The van der Waals surface area contributed by atoms with Crippen LogP contribution in [0.4, 0.5) is 5.69 Å². The highest BCUT2D eigenvalue weighted by Crippen LogP contribution is 2.27. The van der Waals surface area contributed by atoms with Gasteiger partial charge in [0.1, 0.15) is 11.5 Å². The normalized spacial score (nSPS) is 16.4. The van der Waals surface area contributed by atoms with Crippen molar-refractivity contribution in [1.82, 2.24) is 4.90 Å². The van der Waals surface area contributed by atoms with Crippen LogP contribution in [-0.4, -0.2) is 44.0 Å². The number of benzene rings is 2. The number of nitrogens with zero attached hydrogens (tertiary/aromatic N) is 1. The molecule has 2 amide bonds. The van der Waals surface area contributed by atoms with Crippen LogP contribution in [0.2, 0.25) is 5.02 Å². The summed E-state index contributed by atoms with van der Waals surface area (Å²) in [6, 6.07) is 12.2. The fourth-order valence-electron chi connectivity index (χ4n) is 3.30. The quantitative estimate of drug-likeness (QED) is 0.824. The van der Waals surface area contributed by atoms with Gasteiger partial charge in [-0.05, 0) is 25.0 Å². The Morgan fingerprint density at radius 1 is 1.11 bits per heavy atom. The van der Waals surface area contributed by atoms with E-state index in [9.17, 15) is 9.59 Å². The Bertz CT molecular complexity index is 849. The lowest BCUT2D eigenvalue weighted by Crippen LogP contribution is -2.43. The van der Waals surface area contributed by atoms with E-state index < -0.39 is 0 Å². The topological polar surface area (TPSA) is 67.9 Å². The molecule has 6 nitrogen and oxygen atoms in total. The summed E-state index contributed by atoms with van der Waals surface area (Å²) >= 11 is 6.15. The molecular weight excluding hydrogens is 380 g/mol. The van der Waals surface area contributed by atoms with Crippen molar-refractivity contribution >= 4 is 29.1 Å². The van der Waals surface area contributed by atoms with Crippen molar-refractivity contribution in [2.45, 2.75) is 12.8 Å². The molecule has 2 aromatic rings. The van der Waals surface area contributed by atoms with Gasteiger partial charge >= 0.3 is 0 Å². The number of amides is 2. The molecule has 1 aliphatic rings. The van der Waals surface area contributed by atoms with Gasteiger partial charge in [-0.15, -0.1) is 0 Å². The zero-order chi connectivity index (χ0) is 20.1. The fourth-order valence-corrected chi connectivity index (χ4v) is 3.52. The van der Waals surface area contributed by atoms with E-state index in [0.29, 0.717) is 40.9 Å². The molecule has 0 aliphatic carbocycles. The number of hydrogen-bond acceptors (Lipinski definition) is 4. The number of ether oxygens (including phenoxy) is 2. The van der Waals surface area contributed by atoms with Gasteiger partial charge in [-0.3, -0.25) is 9.59 Å². The van der Waals surface area contributed by atoms with Crippen molar-refractivity contribution in [3.05, 3.63) is 53.1 Å². The van der Waals surface area contributed by atoms with E-state index in [1.54, 1.807) is 61.6 Å². The first-order valence-corrected chi connectivity index (χ1v) is 9.47. The average molecular weight is 403 g/mol. The third-order valence-corrected chi connectivity index (χ3v) is 5.13. The molecule has 2 aromatic carbocycles. The van der Waals surface area contributed by atoms with Gasteiger partial charge in [0.25, 0.3) is 5.91 Å². The summed E-state index contributed by atoms with van der Waals surface area (Å²) < 4.78 is 10.5. The predicted molar refractivity (Wildman–Crippen MR) is 108 cm³/mol. The SMILES string of the molecule is COc1cc(NC(=O)C2CCCN(C(=O)c3ccccc3Cl)C2)cc(OC)c1. The zero-order valence-corrected chi connectivity index (χ0v) is 16.7. The number of likely N-dealkylation sites (tertiary alicyclic amines) is 1. The first-order chi connectivity index (χ1) is 13.5.